The molecule has 0 saturated carbocycles. The maximum atomic E-state index is 8.94. The number of piperazine rings is 1. The highest BCUT2D eigenvalue weighted by molar-refractivity contribution is 5.92. The van der Waals surface area contributed by atoms with Crippen molar-refractivity contribution in [3.63, 3.8) is 0 Å². The number of hydrogen-bond donors (Lipinski definition) is 2. The number of nitriles is 1. The van der Waals surface area contributed by atoms with Crippen LogP contribution >= 0.6 is 0 Å². The van der Waals surface area contributed by atoms with Crippen molar-refractivity contribution in [2.24, 2.45) is 0 Å². The molecule has 0 aliphatic carbocycles. The molecule has 0 spiro atoms. The summed E-state index contributed by atoms with van der Waals surface area (Å²) in [5.41, 5.74) is 2.45. The van der Waals surface area contributed by atoms with Gasteiger partial charge in [0.25, 0.3) is 0 Å². The van der Waals surface area contributed by atoms with E-state index in [0.29, 0.717) is 11.5 Å². The summed E-state index contributed by atoms with van der Waals surface area (Å²) in [4.78, 5) is 25.4. The van der Waals surface area contributed by atoms with Gasteiger partial charge in [0.1, 0.15) is 11.9 Å². The van der Waals surface area contributed by atoms with Crippen LogP contribution in [0, 0.1) is 11.3 Å². The molecule has 2 aliphatic rings. The lowest BCUT2D eigenvalue weighted by atomic mass is 10.2. The van der Waals surface area contributed by atoms with E-state index in [1.807, 2.05) is 13.1 Å². The number of anilines is 4. The second kappa shape index (κ2) is 9.03. The van der Waals surface area contributed by atoms with E-state index in [-0.39, 0.29) is 6.04 Å². The number of nitrogens with zero attached hydrogens (tertiary/aromatic N) is 8. The molecule has 2 aromatic heterocycles. The Morgan fingerprint density at radius 3 is 2.55 bits per heavy atom. The number of benzene rings is 1. The van der Waals surface area contributed by atoms with Gasteiger partial charge in [0.05, 0.1) is 23.5 Å². The highest BCUT2D eigenvalue weighted by atomic mass is 15.3. The molecule has 1 unspecified atom stereocenters. The first-order valence-electron chi connectivity index (χ1n) is 11.3. The molecule has 10 nitrogen and oxygen atoms in total. The molecule has 1 aromatic carbocycles. The van der Waals surface area contributed by atoms with Crippen LogP contribution in [0.4, 0.5) is 23.4 Å². The molecule has 0 radical (unpaired) electrons. The lowest BCUT2D eigenvalue weighted by molar-refractivity contribution is 0.311. The van der Waals surface area contributed by atoms with E-state index in [4.69, 9.17) is 15.2 Å². The zero-order valence-corrected chi connectivity index (χ0v) is 19.0. The lowest BCUT2D eigenvalue weighted by Crippen LogP contribution is -2.45. The van der Waals surface area contributed by atoms with Gasteiger partial charge < -0.3 is 25.3 Å². The minimum atomic E-state index is 0.201. The van der Waals surface area contributed by atoms with Gasteiger partial charge in [-0.2, -0.15) is 10.2 Å². The van der Waals surface area contributed by atoms with Crippen LogP contribution in [0.2, 0.25) is 0 Å². The Bertz CT molecular complexity index is 1160. The summed E-state index contributed by atoms with van der Waals surface area (Å²) in [6.07, 6.45) is 4.04. The van der Waals surface area contributed by atoms with Gasteiger partial charge in [-0.3, -0.25) is 0 Å². The summed E-state index contributed by atoms with van der Waals surface area (Å²) in [5.74, 6) is 2.32. The number of aromatic nitrogens is 4. The molecule has 2 N–H and O–H groups in total. The van der Waals surface area contributed by atoms with Crippen LogP contribution < -0.4 is 20.4 Å². The third kappa shape index (κ3) is 4.45. The summed E-state index contributed by atoms with van der Waals surface area (Å²) in [7, 11) is 4.07. The van der Waals surface area contributed by atoms with Crippen LogP contribution in [-0.4, -0.2) is 84.2 Å². The van der Waals surface area contributed by atoms with E-state index in [2.05, 4.69) is 60.5 Å². The van der Waals surface area contributed by atoms with Crippen LogP contribution in [0.25, 0.3) is 10.9 Å². The van der Waals surface area contributed by atoms with E-state index in [9.17, 15) is 0 Å². The molecule has 3 aromatic rings. The third-order valence-electron chi connectivity index (χ3n) is 6.34. The van der Waals surface area contributed by atoms with Gasteiger partial charge >= 0.3 is 0 Å². The Kier molecular flexibility index (Phi) is 5.79. The number of rotatable bonds is 5. The minimum absolute atomic E-state index is 0.201. The molecule has 1 atom stereocenters. The van der Waals surface area contributed by atoms with Crippen LogP contribution in [0.3, 0.4) is 0 Å². The zero-order chi connectivity index (χ0) is 22.8. The standard InChI is InChI=1S/C23H28N10/c1-25-17-3-4-19-20(11-17)29-23(32-9-7-31(2)8-10-32)30-21(19)33-6-5-18(15-33)28-22-26-13-16(12-24)14-27-22/h3-4,11,13-14,18,25H,5-10,15H2,1-2H3,(H,26,27,28). The molecule has 2 saturated heterocycles. The van der Waals surface area contributed by atoms with Gasteiger partial charge in [-0.1, -0.05) is 0 Å². The minimum Gasteiger partial charge on any atom is -0.388 e. The first kappa shape index (κ1) is 21.2. The van der Waals surface area contributed by atoms with Gasteiger partial charge in [0.2, 0.25) is 11.9 Å². The Hall–Kier alpha value is -3.71. The molecule has 5 rings (SSSR count). The van der Waals surface area contributed by atoms with Crippen molar-refractivity contribution in [3.8, 4) is 6.07 Å². The fourth-order valence-corrected chi connectivity index (χ4v) is 4.36. The van der Waals surface area contributed by atoms with Gasteiger partial charge in [-0.25, -0.2) is 15.0 Å². The van der Waals surface area contributed by atoms with Crippen LogP contribution in [0.15, 0.2) is 30.6 Å². The van der Waals surface area contributed by atoms with Crippen molar-refractivity contribution in [2.45, 2.75) is 12.5 Å². The van der Waals surface area contributed by atoms with E-state index in [0.717, 1.165) is 74.0 Å². The van der Waals surface area contributed by atoms with Gasteiger partial charge in [-0.05, 0) is 31.7 Å². The summed E-state index contributed by atoms with van der Waals surface area (Å²) < 4.78 is 0. The molecule has 4 heterocycles. The van der Waals surface area contributed by atoms with E-state index < -0.39 is 0 Å². The van der Waals surface area contributed by atoms with Gasteiger partial charge in [0.15, 0.2) is 0 Å². The van der Waals surface area contributed by atoms with Crippen molar-refractivity contribution in [2.75, 3.05) is 73.8 Å². The highest BCUT2D eigenvalue weighted by Crippen LogP contribution is 2.31. The first-order valence-corrected chi connectivity index (χ1v) is 11.3. The van der Waals surface area contributed by atoms with Crippen molar-refractivity contribution in [3.05, 3.63) is 36.2 Å². The normalized spacial score (nSPS) is 19.0. The predicted molar refractivity (Wildman–Crippen MR) is 130 cm³/mol. The maximum Gasteiger partial charge on any atom is 0.227 e. The average Bonchev–Trinajstić information content (AvgIpc) is 3.32. The predicted octanol–water partition coefficient (Wildman–Crippen LogP) is 1.78. The average molecular weight is 445 g/mol. The molecular formula is C23H28N10. The van der Waals surface area contributed by atoms with Crippen molar-refractivity contribution < 1.29 is 0 Å². The Morgan fingerprint density at radius 2 is 1.82 bits per heavy atom. The van der Waals surface area contributed by atoms with E-state index in [1.165, 1.54) is 0 Å². The van der Waals surface area contributed by atoms with Crippen LogP contribution in [-0.2, 0) is 0 Å². The fraction of sp³-hybridized carbons (Fsp3) is 0.435. The first-order chi connectivity index (χ1) is 16.1. The highest BCUT2D eigenvalue weighted by Gasteiger charge is 2.27. The summed E-state index contributed by atoms with van der Waals surface area (Å²) >= 11 is 0. The lowest BCUT2D eigenvalue weighted by Gasteiger charge is -2.33. The molecule has 10 heteroatoms. The second-order valence-electron chi connectivity index (χ2n) is 8.60. The smallest absolute Gasteiger partial charge is 0.227 e. The zero-order valence-electron chi connectivity index (χ0n) is 19.0. The molecular weight excluding hydrogens is 416 g/mol. The van der Waals surface area contributed by atoms with Crippen molar-refractivity contribution in [1.29, 1.82) is 5.26 Å². The molecule has 0 bridgehead atoms. The maximum absolute atomic E-state index is 8.94. The Balaban J connectivity index is 1.41. The SMILES string of the molecule is CNc1ccc2c(N3CCC(Nc4ncc(C#N)cn4)C3)nc(N3CCN(C)CC3)nc2c1. The summed E-state index contributed by atoms with van der Waals surface area (Å²) in [5, 5.41) is 16.6. The van der Waals surface area contributed by atoms with E-state index in [1.54, 1.807) is 12.4 Å². The van der Waals surface area contributed by atoms with Crippen molar-refractivity contribution in [1.82, 2.24) is 24.8 Å². The van der Waals surface area contributed by atoms with Crippen LogP contribution in [0.1, 0.15) is 12.0 Å². The van der Waals surface area contributed by atoms with Gasteiger partial charge in [0, 0.05) is 63.4 Å². The number of fused-ring (bicyclic) bond motifs is 1. The number of hydrogen-bond acceptors (Lipinski definition) is 10. The molecule has 2 aliphatic heterocycles. The molecule has 170 valence electrons. The molecule has 0 amide bonds. The Labute approximate surface area is 193 Å². The quantitative estimate of drug-likeness (QED) is 0.604. The fourth-order valence-electron chi connectivity index (χ4n) is 4.36. The summed E-state index contributed by atoms with van der Waals surface area (Å²) in [6, 6.07) is 8.52. The third-order valence-corrected chi connectivity index (χ3v) is 6.34. The van der Waals surface area contributed by atoms with Crippen LogP contribution in [0.5, 0.6) is 0 Å². The molecule has 2 fully saturated rings. The largest absolute Gasteiger partial charge is 0.388 e. The topological polar surface area (TPSA) is 109 Å². The molecule has 33 heavy (non-hydrogen) atoms. The Morgan fingerprint density at radius 1 is 1.03 bits per heavy atom. The monoisotopic (exact) mass is 444 g/mol. The van der Waals surface area contributed by atoms with Gasteiger partial charge in [-0.15, -0.1) is 0 Å². The number of nitrogens with one attached hydrogen (secondary N) is 2. The van der Waals surface area contributed by atoms with E-state index >= 15 is 0 Å². The number of likely N-dealkylation sites (N-methyl/N-ethyl adjacent to an activating group) is 1. The second-order valence-corrected chi connectivity index (χ2v) is 8.60. The summed E-state index contributed by atoms with van der Waals surface area (Å²) in [6.45, 7) is 5.55. The van der Waals surface area contributed by atoms with Crippen molar-refractivity contribution >= 4 is 34.3 Å².